The predicted molar refractivity (Wildman–Crippen MR) is 41.7 cm³/mol. The molecule has 13 heavy (non-hydrogen) atoms. The van der Waals surface area contributed by atoms with E-state index in [9.17, 15) is 9.59 Å². The Morgan fingerprint density at radius 1 is 1.00 bits per heavy atom. The summed E-state index contributed by atoms with van der Waals surface area (Å²) in [6, 6.07) is 0. The van der Waals surface area contributed by atoms with Crippen LogP contribution in [0.15, 0.2) is 0 Å². The van der Waals surface area contributed by atoms with E-state index in [-0.39, 0.29) is 11.0 Å². The minimum atomic E-state index is -1.35. The van der Waals surface area contributed by atoms with Crippen LogP contribution in [0, 0.1) is 0 Å². The molecule has 7 heteroatoms. The van der Waals surface area contributed by atoms with E-state index in [1.54, 1.807) is 0 Å². The third-order valence-electron chi connectivity index (χ3n) is 0.883. The molecular weight excluding hydrogens is 184 g/mol. The highest BCUT2D eigenvalue weighted by atomic mass is 16.6. The Labute approximate surface area is 74.6 Å². The molecule has 0 aromatic rings. The maximum atomic E-state index is 10.5. The van der Waals surface area contributed by atoms with Crippen LogP contribution in [0.25, 0.3) is 0 Å². The van der Waals surface area contributed by atoms with Crippen LogP contribution in [-0.4, -0.2) is 45.3 Å². The summed E-state index contributed by atoms with van der Waals surface area (Å²) in [7, 11) is 0. The summed E-state index contributed by atoms with van der Waals surface area (Å²) >= 11 is 0. The molecule has 0 aliphatic rings. The number of hydrogen-bond acceptors (Lipinski definition) is 5. The van der Waals surface area contributed by atoms with Gasteiger partial charge in [-0.3, -0.25) is 0 Å². The Morgan fingerprint density at radius 3 is 1.38 bits per heavy atom. The lowest BCUT2D eigenvalue weighted by molar-refractivity contribution is -0.170. The van der Waals surface area contributed by atoms with Gasteiger partial charge in [0, 0.05) is 0 Å². The normalized spacial score (nSPS) is 12.9. The fourth-order valence-electron chi connectivity index (χ4n) is 0.270. The van der Waals surface area contributed by atoms with Crippen molar-refractivity contribution in [1.82, 2.24) is 0 Å². The van der Waals surface area contributed by atoms with Gasteiger partial charge in [0.25, 0.3) is 0 Å². The molecule has 0 spiro atoms. The molecule has 0 aromatic heterocycles. The Morgan fingerprint density at radius 2 is 1.23 bits per heavy atom. The Bertz CT molecular complexity index is 144. The monoisotopic (exact) mass is 198 g/mol. The van der Waals surface area contributed by atoms with Crippen LogP contribution in [0.4, 0.5) is 0 Å². The second-order valence-electron chi connectivity index (χ2n) is 2.09. The first-order chi connectivity index (χ1) is 4.95. The van der Waals surface area contributed by atoms with E-state index >= 15 is 0 Å². The van der Waals surface area contributed by atoms with Gasteiger partial charge in [0.2, 0.25) is 0 Å². The minimum Gasteiger partial charge on any atom is -0.412 e. The van der Waals surface area contributed by atoms with Gasteiger partial charge in [-0.15, -0.1) is 0 Å². The number of carbonyl (C=O) groups is 2. The summed E-state index contributed by atoms with van der Waals surface area (Å²) in [4.78, 5) is 20.9. The van der Waals surface area contributed by atoms with Crippen molar-refractivity contribution >= 4 is 11.9 Å². The summed E-state index contributed by atoms with van der Waals surface area (Å²) in [5.74, 6) is -2.12. The SMILES string of the molecule is CC(O)C(=O)OC(=O)C(C)O.O.O. The van der Waals surface area contributed by atoms with E-state index in [0.29, 0.717) is 0 Å². The third-order valence-corrected chi connectivity index (χ3v) is 0.883. The van der Waals surface area contributed by atoms with Gasteiger partial charge in [0.05, 0.1) is 0 Å². The van der Waals surface area contributed by atoms with Crippen LogP contribution in [0.2, 0.25) is 0 Å². The molecular formula is C6H14O7. The van der Waals surface area contributed by atoms with Crippen LogP contribution < -0.4 is 0 Å². The molecule has 0 radical (unpaired) electrons. The predicted octanol–water partition coefficient (Wildman–Crippen LogP) is -2.83. The fourth-order valence-corrected chi connectivity index (χ4v) is 0.270. The van der Waals surface area contributed by atoms with Gasteiger partial charge in [0.15, 0.2) is 0 Å². The largest absolute Gasteiger partial charge is 0.412 e. The van der Waals surface area contributed by atoms with Gasteiger partial charge < -0.3 is 25.9 Å². The molecule has 0 amide bonds. The van der Waals surface area contributed by atoms with Gasteiger partial charge in [-0.1, -0.05) is 0 Å². The highest BCUT2D eigenvalue weighted by molar-refractivity contribution is 5.89. The molecule has 0 saturated carbocycles. The number of hydrogen-bond donors (Lipinski definition) is 2. The summed E-state index contributed by atoms with van der Waals surface area (Å²) in [5.41, 5.74) is 0. The van der Waals surface area contributed by atoms with Crippen molar-refractivity contribution in [2.45, 2.75) is 26.1 Å². The summed E-state index contributed by atoms with van der Waals surface area (Å²) in [6.45, 7) is 2.33. The van der Waals surface area contributed by atoms with Crippen LogP contribution in [0.3, 0.4) is 0 Å². The molecule has 0 heterocycles. The molecule has 0 rings (SSSR count). The molecule has 2 atom stereocenters. The second kappa shape index (κ2) is 7.62. The molecule has 7 nitrogen and oxygen atoms in total. The van der Waals surface area contributed by atoms with Crippen molar-refractivity contribution in [2.24, 2.45) is 0 Å². The van der Waals surface area contributed by atoms with Crippen LogP contribution >= 0.6 is 0 Å². The zero-order valence-electron chi connectivity index (χ0n) is 7.27. The van der Waals surface area contributed by atoms with Gasteiger partial charge in [-0.25, -0.2) is 9.59 Å². The second-order valence-corrected chi connectivity index (χ2v) is 2.09. The number of rotatable bonds is 2. The Balaban J connectivity index is -0.000000500. The molecule has 0 aliphatic heterocycles. The van der Waals surface area contributed by atoms with Gasteiger partial charge in [-0.2, -0.15) is 0 Å². The smallest absolute Gasteiger partial charge is 0.342 e. The average molecular weight is 198 g/mol. The number of carbonyl (C=O) groups excluding carboxylic acids is 2. The third kappa shape index (κ3) is 7.34. The molecule has 80 valence electrons. The molecule has 0 saturated heterocycles. The van der Waals surface area contributed by atoms with Gasteiger partial charge in [0.1, 0.15) is 12.2 Å². The molecule has 0 aliphatic carbocycles. The number of aliphatic hydroxyl groups is 2. The van der Waals surface area contributed by atoms with Crippen LogP contribution in [-0.2, 0) is 14.3 Å². The van der Waals surface area contributed by atoms with Crippen molar-refractivity contribution in [3.8, 4) is 0 Å². The van der Waals surface area contributed by atoms with Crippen molar-refractivity contribution in [2.75, 3.05) is 0 Å². The Hall–Kier alpha value is -1.02. The minimum absolute atomic E-state index is 0. The van der Waals surface area contributed by atoms with Crippen molar-refractivity contribution in [3.63, 3.8) is 0 Å². The number of aliphatic hydroxyl groups excluding tert-OH is 2. The zero-order chi connectivity index (χ0) is 9.02. The van der Waals surface area contributed by atoms with Crippen molar-refractivity contribution in [1.29, 1.82) is 0 Å². The van der Waals surface area contributed by atoms with Crippen molar-refractivity contribution < 1.29 is 35.5 Å². The van der Waals surface area contributed by atoms with Crippen LogP contribution in [0.1, 0.15) is 13.8 Å². The Kier molecular flexibility index (Phi) is 10.5. The lowest BCUT2D eigenvalue weighted by Crippen LogP contribution is -2.28. The highest BCUT2D eigenvalue weighted by Gasteiger charge is 2.18. The van der Waals surface area contributed by atoms with E-state index < -0.39 is 24.1 Å². The fraction of sp³-hybridized carbons (Fsp3) is 0.667. The van der Waals surface area contributed by atoms with Crippen molar-refractivity contribution in [3.05, 3.63) is 0 Å². The van der Waals surface area contributed by atoms with E-state index in [1.807, 2.05) is 0 Å². The molecule has 0 aromatic carbocycles. The molecule has 2 unspecified atom stereocenters. The summed E-state index contributed by atoms with van der Waals surface area (Å²) in [5, 5.41) is 17.1. The first-order valence-electron chi connectivity index (χ1n) is 3.06. The van der Waals surface area contributed by atoms with E-state index in [4.69, 9.17) is 10.2 Å². The molecule has 0 bridgehead atoms. The summed E-state index contributed by atoms with van der Waals surface area (Å²) in [6.07, 6.45) is -2.70. The quantitative estimate of drug-likeness (QED) is 0.362. The maximum absolute atomic E-state index is 10.5. The average Bonchev–Trinajstić information content (AvgIpc) is 1.87. The molecule has 6 N–H and O–H groups in total. The first kappa shape index (κ1) is 17.9. The highest BCUT2D eigenvalue weighted by Crippen LogP contribution is 1.91. The van der Waals surface area contributed by atoms with E-state index in [0.717, 1.165) is 13.8 Å². The summed E-state index contributed by atoms with van der Waals surface area (Å²) < 4.78 is 4.00. The van der Waals surface area contributed by atoms with Crippen LogP contribution in [0.5, 0.6) is 0 Å². The topological polar surface area (TPSA) is 147 Å². The van der Waals surface area contributed by atoms with Gasteiger partial charge in [-0.05, 0) is 13.8 Å². The first-order valence-corrected chi connectivity index (χ1v) is 3.06. The molecule has 0 fully saturated rings. The number of ether oxygens (including phenoxy) is 1. The standard InChI is InChI=1S/C6H10O5.2H2O/c1-3(7)5(9)11-6(10)4(2)8;;/h3-4,7-8H,1-2H3;2*1H2. The van der Waals surface area contributed by atoms with Gasteiger partial charge >= 0.3 is 11.9 Å². The van der Waals surface area contributed by atoms with E-state index in [1.165, 1.54) is 0 Å². The number of esters is 2. The lowest BCUT2D eigenvalue weighted by atomic mass is 10.4. The zero-order valence-corrected chi connectivity index (χ0v) is 7.27. The lowest BCUT2D eigenvalue weighted by Gasteiger charge is -2.05. The maximum Gasteiger partial charge on any atom is 0.342 e. The van der Waals surface area contributed by atoms with E-state index in [2.05, 4.69) is 4.74 Å².